The van der Waals surface area contributed by atoms with Gasteiger partial charge in [-0.2, -0.15) is 5.10 Å². The molecule has 1 amide bonds. The summed E-state index contributed by atoms with van der Waals surface area (Å²) < 4.78 is 7.07. The topological polar surface area (TPSA) is 47.4 Å². The zero-order valence-corrected chi connectivity index (χ0v) is 15.2. The van der Waals surface area contributed by atoms with Gasteiger partial charge in [0, 0.05) is 12.4 Å². The first-order valence-electron chi connectivity index (χ1n) is 8.64. The van der Waals surface area contributed by atoms with Gasteiger partial charge in [0.2, 0.25) is 0 Å². The molecule has 0 saturated carbocycles. The number of ether oxygens (including phenoxy) is 1. The van der Waals surface area contributed by atoms with E-state index in [2.05, 4.69) is 5.10 Å². The Morgan fingerprint density at radius 3 is 2.44 bits per heavy atom. The summed E-state index contributed by atoms with van der Waals surface area (Å²) in [4.78, 5) is 14.8. The Hall–Kier alpha value is -3.60. The highest BCUT2D eigenvalue weighted by atomic mass is 16.5. The van der Waals surface area contributed by atoms with Crippen molar-refractivity contribution in [1.29, 1.82) is 0 Å². The summed E-state index contributed by atoms with van der Waals surface area (Å²) in [7, 11) is 3.30. The van der Waals surface area contributed by atoms with E-state index in [-0.39, 0.29) is 11.6 Å². The molecule has 0 fully saturated rings. The van der Waals surface area contributed by atoms with Crippen LogP contribution in [-0.2, 0) is 0 Å². The number of benzene rings is 3. The number of hydrogen-bond donors (Lipinski definition) is 0. The second-order valence-corrected chi connectivity index (χ2v) is 6.19. The van der Waals surface area contributed by atoms with Crippen LogP contribution >= 0.6 is 0 Å². The first-order chi connectivity index (χ1) is 13.2. The standard InChI is InChI=1S/C22H19N3O2/c1-24(19-14-8-10-16-9-6-7-13-18(16)19)22(26)21-20(27-2)15-25(23-21)17-11-4-3-5-12-17/h3-15H,1-2H3. The molecule has 0 atom stereocenters. The Morgan fingerprint density at radius 2 is 1.67 bits per heavy atom. The highest BCUT2D eigenvalue weighted by Crippen LogP contribution is 2.28. The molecule has 5 nitrogen and oxygen atoms in total. The van der Waals surface area contributed by atoms with Crippen molar-refractivity contribution >= 4 is 22.4 Å². The van der Waals surface area contributed by atoms with Crippen LogP contribution in [0, 0.1) is 0 Å². The molecule has 4 aromatic rings. The molecule has 134 valence electrons. The van der Waals surface area contributed by atoms with Crippen LogP contribution in [0.25, 0.3) is 16.5 Å². The van der Waals surface area contributed by atoms with Gasteiger partial charge in [-0.25, -0.2) is 4.68 Å². The predicted molar refractivity (Wildman–Crippen MR) is 107 cm³/mol. The number of fused-ring (bicyclic) bond motifs is 1. The molecule has 1 aromatic heterocycles. The monoisotopic (exact) mass is 357 g/mol. The number of amides is 1. The average molecular weight is 357 g/mol. The summed E-state index contributed by atoms with van der Waals surface area (Å²) in [5, 5.41) is 6.57. The predicted octanol–water partition coefficient (Wildman–Crippen LogP) is 4.31. The van der Waals surface area contributed by atoms with Gasteiger partial charge in [0.15, 0.2) is 11.4 Å². The fourth-order valence-corrected chi connectivity index (χ4v) is 3.14. The molecule has 5 heteroatoms. The summed E-state index contributed by atoms with van der Waals surface area (Å²) >= 11 is 0. The number of nitrogens with zero attached hydrogens (tertiary/aromatic N) is 3. The zero-order valence-electron chi connectivity index (χ0n) is 15.2. The molecular formula is C22H19N3O2. The van der Waals surface area contributed by atoms with Gasteiger partial charge in [-0.3, -0.25) is 4.79 Å². The Balaban J connectivity index is 1.75. The summed E-state index contributed by atoms with van der Waals surface area (Å²) in [5.74, 6) is 0.217. The van der Waals surface area contributed by atoms with Gasteiger partial charge in [-0.05, 0) is 23.6 Å². The van der Waals surface area contributed by atoms with E-state index in [1.165, 1.54) is 0 Å². The maximum absolute atomic E-state index is 13.2. The van der Waals surface area contributed by atoms with E-state index in [9.17, 15) is 4.79 Å². The van der Waals surface area contributed by atoms with Crippen LogP contribution in [0.2, 0.25) is 0 Å². The van der Waals surface area contributed by atoms with Crippen LogP contribution in [0.3, 0.4) is 0 Å². The second-order valence-electron chi connectivity index (χ2n) is 6.19. The third-order valence-electron chi connectivity index (χ3n) is 4.56. The van der Waals surface area contributed by atoms with Crippen LogP contribution in [0.1, 0.15) is 10.5 Å². The molecule has 0 spiro atoms. The highest BCUT2D eigenvalue weighted by molar-refractivity contribution is 6.10. The first-order valence-corrected chi connectivity index (χ1v) is 8.64. The quantitative estimate of drug-likeness (QED) is 0.547. The van der Waals surface area contributed by atoms with Gasteiger partial charge in [-0.15, -0.1) is 0 Å². The summed E-state index contributed by atoms with van der Waals surface area (Å²) in [6.45, 7) is 0. The molecule has 0 aliphatic carbocycles. The normalized spacial score (nSPS) is 10.7. The Kier molecular flexibility index (Phi) is 4.34. The molecule has 1 heterocycles. The molecule has 3 aromatic carbocycles. The molecule has 0 aliphatic heterocycles. The van der Waals surface area contributed by atoms with E-state index >= 15 is 0 Å². The SMILES string of the molecule is COc1cn(-c2ccccc2)nc1C(=O)N(C)c1cccc2ccccc12. The fraction of sp³-hybridized carbons (Fsp3) is 0.0909. The van der Waals surface area contributed by atoms with Crippen LogP contribution in [0.5, 0.6) is 5.75 Å². The Bertz CT molecular complexity index is 1100. The molecular weight excluding hydrogens is 338 g/mol. The number of aromatic nitrogens is 2. The lowest BCUT2D eigenvalue weighted by Gasteiger charge is -2.18. The second kappa shape index (κ2) is 6.96. The third-order valence-corrected chi connectivity index (χ3v) is 4.56. The van der Waals surface area contributed by atoms with Gasteiger partial charge in [0.05, 0.1) is 24.7 Å². The van der Waals surface area contributed by atoms with Crippen molar-refractivity contribution in [3.8, 4) is 11.4 Å². The summed E-state index contributed by atoms with van der Waals surface area (Å²) in [6, 6.07) is 23.5. The lowest BCUT2D eigenvalue weighted by molar-refractivity contribution is 0.0985. The maximum Gasteiger partial charge on any atom is 0.282 e. The maximum atomic E-state index is 13.2. The van der Waals surface area contributed by atoms with E-state index < -0.39 is 0 Å². The molecule has 27 heavy (non-hydrogen) atoms. The van der Waals surface area contributed by atoms with Gasteiger partial charge in [0.1, 0.15) is 0 Å². The van der Waals surface area contributed by atoms with E-state index in [1.54, 1.807) is 29.9 Å². The van der Waals surface area contributed by atoms with E-state index in [1.807, 2.05) is 72.8 Å². The van der Waals surface area contributed by atoms with E-state index in [4.69, 9.17) is 4.74 Å². The van der Waals surface area contributed by atoms with Crippen molar-refractivity contribution in [3.05, 3.63) is 84.7 Å². The van der Waals surface area contributed by atoms with Crippen molar-refractivity contribution in [2.75, 3.05) is 19.1 Å². The lowest BCUT2D eigenvalue weighted by Crippen LogP contribution is -2.27. The molecule has 0 bridgehead atoms. The summed E-state index contributed by atoms with van der Waals surface area (Å²) in [5.41, 5.74) is 1.97. The smallest absolute Gasteiger partial charge is 0.282 e. The van der Waals surface area contributed by atoms with Gasteiger partial charge < -0.3 is 9.64 Å². The molecule has 4 rings (SSSR count). The molecule has 0 aliphatic rings. The van der Waals surface area contributed by atoms with Gasteiger partial charge >= 0.3 is 0 Å². The van der Waals surface area contributed by atoms with Crippen molar-refractivity contribution < 1.29 is 9.53 Å². The number of rotatable bonds is 4. The first kappa shape index (κ1) is 16.8. The number of anilines is 1. The van der Waals surface area contributed by atoms with Crippen LogP contribution in [0.15, 0.2) is 79.0 Å². The Morgan fingerprint density at radius 1 is 0.963 bits per heavy atom. The number of hydrogen-bond acceptors (Lipinski definition) is 3. The van der Waals surface area contributed by atoms with Crippen molar-refractivity contribution in [1.82, 2.24) is 9.78 Å². The number of methoxy groups -OCH3 is 1. The number of carbonyl (C=O) groups is 1. The van der Waals surface area contributed by atoms with Crippen molar-refractivity contribution in [2.24, 2.45) is 0 Å². The number of para-hydroxylation sites is 1. The lowest BCUT2D eigenvalue weighted by atomic mass is 10.1. The molecule has 0 saturated heterocycles. The third kappa shape index (κ3) is 3.04. The van der Waals surface area contributed by atoms with E-state index in [0.717, 1.165) is 22.1 Å². The van der Waals surface area contributed by atoms with Crippen LogP contribution in [0.4, 0.5) is 5.69 Å². The van der Waals surface area contributed by atoms with Crippen LogP contribution < -0.4 is 9.64 Å². The van der Waals surface area contributed by atoms with Crippen molar-refractivity contribution in [3.63, 3.8) is 0 Å². The minimum Gasteiger partial charge on any atom is -0.493 e. The summed E-state index contributed by atoms with van der Waals surface area (Å²) in [6.07, 6.45) is 1.72. The Labute approximate surface area is 157 Å². The largest absolute Gasteiger partial charge is 0.493 e. The minimum atomic E-state index is -0.224. The highest BCUT2D eigenvalue weighted by Gasteiger charge is 2.23. The average Bonchev–Trinajstić information content (AvgIpc) is 3.17. The minimum absolute atomic E-state index is 0.224. The van der Waals surface area contributed by atoms with Gasteiger partial charge in [-0.1, -0.05) is 54.6 Å². The zero-order chi connectivity index (χ0) is 18.8. The van der Waals surface area contributed by atoms with Crippen molar-refractivity contribution in [2.45, 2.75) is 0 Å². The van der Waals surface area contributed by atoms with Crippen LogP contribution in [-0.4, -0.2) is 29.8 Å². The van der Waals surface area contributed by atoms with Gasteiger partial charge in [0.25, 0.3) is 5.91 Å². The molecule has 0 N–H and O–H groups in total. The molecule has 0 radical (unpaired) electrons. The fourth-order valence-electron chi connectivity index (χ4n) is 3.14. The molecule has 0 unspecified atom stereocenters. The van der Waals surface area contributed by atoms with E-state index in [0.29, 0.717) is 5.75 Å². The number of carbonyl (C=O) groups excluding carboxylic acids is 1.